The molecule has 0 fully saturated rings. The summed E-state index contributed by atoms with van der Waals surface area (Å²) in [4.78, 5) is 1.58. The van der Waals surface area contributed by atoms with Crippen molar-refractivity contribution in [1.29, 1.82) is 0 Å². The largest absolute Gasteiger partial charge is 0.497 e. The Kier molecular flexibility index (Phi) is 5.29. The summed E-state index contributed by atoms with van der Waals surface area (Å²) in [6, 6.07) is 8.86. The fraction of sp³-hybridized carbons (Fsp3) is 0.538. The molecule has 0 aliphatic heterocycles. The summed E-state index contributed by atoms with van der Waals surface area (Å²) in [5.41, 5.74) is 5.43. The number of benzene rings is 1. The van der Waals surface area contributed by atoms with E-state index < -0.39 is 0 Å². The zero-order valence-electron chi connectivity index (χ0n) is 10.6. The Bertz CT molecular complexity index is 293. The van der Waals surface area contributed by atoms with Crippen LogP contribution in [0.1, 0.15) is 25.5 Å². The second kappa shape index (κ2) is 6.51. The molecule has 0 bridgehead atoms. The average molecular weight is 224 g/mol. The molecule has 0 spiro atoms. The lowest BCUT2D eigenvalue weighted by Gasteiger charge is -2.24. The van der Waals surface area contributed by atoms with Crippen LogP contribution in [-0.2, 0) is 0 Å². The van der Waals surface area contributed by atoms with Gasteiger partial charge in [-0.1, -0.05) is 0 Å². The van der Waals surface area contributed by atoms with E-state index in [1.54, 1.807) is 12.0 Å². The Balaban J connectivity index is 2.85. The second-order valence-corrected chi connectivity index (χ2v) is 3.98. The third kappa shape index (κ3) is 2.97. The van der Waals surface area contributed by atoms with E-state index in [1.165, 1.54) is 5.56 Å². The molecule has 1 aromatic carbocycles. The van der Waals surface area contributed by atoms with Gasteiger partial charge in [0.1, 0.15) is 12.3 Å². The van der Waals surface area contributed by atoms with E-state index in [1.807, 2.05) is 12.1 Å². The minimum atomic E-state index is 0.501. The highest BCUT2D eigenvalue weighted by Gasteiger charge is 2.21. The molecule has 1 atom stereocenters. The number of rotatable bonds is 6. The van der Waals surface area contributed by atoms with Crippen molar-refractivity contribution in [2.24, 2.45) is 0 Å². The zero-order valence-corrected chi connectivity index (χ0v) is 10.6. The Morgan fingerprint density at radius 2 is 1.75 bits per heavy atom. The van der Waals surface area contributed by atoms with Crippen LogP contribution in [0.2, 0.25) is 0 Å². The Morgan fingerprint density at radius 3 is 2.12 bits per heavy atom. The van der Waals surface area contributed by atoms with Gasteiger partial charge in [-0.15, -0.1) is 0 Å². The first kappa shape index (κ1) is 13.0. The van der Waals surface area contributed by atoms with Gasteiger partial charge in [-0.3, -0.25) is 0 Å². The normalized spacial score (nSPS) is 12.8. The van der Waals surface area contributed by atoms with Crippen molar-refractivity contribution in [2.75, 3.05) is 26.7 Å². The lowest BCUT2D eigenvalue weighted by atomic mass is 10.1. The summed E-state index contributed by atoms with van der Waals surface area (Å²) in [6.45, 7) is 7.67. The topological polar surface area (TPSA) is 41.3 Å². The first-order chi connectivity index (χ1) is 7.76. The second-order valence-electron chi connectivity index (χ2n) is 3.98. The van der Waals surface area contributed by atoms with Gasteiger partial charge in [-0.2, -0.15) is 0 Å². The summed E-state index contributed by atoms with van der Waals surface area (Å²) < 4.78 is 5.17. The number of quaternary nitrogens is 2. The molecule has 0 radical (unpaired) electrons. The summed E-state index contributed by atoms with van der Waals surface area (Å²) >= 11 is 0. The molecule has 90 valence electrons. The fourth-order valence-corrected chi connectivity index (χ4v) is 2.19. The number of likely N-dealkylation sites (N-methyl/N-ethyl adjacent to an activating group) is 1. The van der Waals surface area contributed by atoms with Crippen molar-refractivity contribution in [2.45, 2.75) is 19.9 Å². The Morgan fingerprint density at radius 1 is 1.19 bits per heavy atom. The summed E-state index contributed by atoms with van der Waals surface area (Å²) in [5, 5.41) is 0. The van der Waals surface area contributed by atoms with Crippen LogP contribution < -0.4 is 15.4 Å². The predicted molar refractivity (Wildman–Crippen MR) is 65.5 cm³/mol. The number of methoxy groups -OCH3 is 1. The molecule has 0 saturated carbocycles. The van der Waals surface area contributed by atoms with E-state index in [0.717, 1.165) is 25.4 Å². The van der Waals surface area contributed by atoms with E-state index >= 15 is 0 Å². The monoisotopic (exact) mass is 224 g/mol. The van der Waals surface area contributed by atoms with Gasteiger partial charge < -0.3 is 15.4 Å². The SMILES string of the molecule is CC[NH+](CC)[C@@H](C[NH3+])c1ccc(OC)cc1. The number of hydrogen-bond acceptors (Lipinski definition) is 1. The molecule has 4 N–H and O–H groups in total. The molecular formula is C13H24N2O+2. The highest BCUT2D eigenvalue weighted by molar-refractivity contribution is 5.28. The molecule has 1 rings (SSSR count). The molecular weight excluding hydrogens is 200 g/mol. The first-order valence-electron chi connectivity index (χ1n) is 6.04. The zero-order chi connectivity index (χ0) is 12.0. The molecule has 0 aliphatic carbocycles. The van der Waals surface area contributed by atoms with Gasteiger partial charge in [-0.05, 0) is 38.1 Å². The third-order valence-electron chi connectivity index (χ3n) is 3.21. The molecule has 0 heterocycles. The standard InChI is InChI=1S/C13H22N2O/c1-4-15(5-2)13(10-14)11-6-8-12(16-3)9-7-11/h6-9,13H,4-5,10,14H2,1-3H3/p+2/t13-/m0/s1. The molecule has 0 saturated heterocycles. The van der Waals surface area contributed by atoms with Crippen LogP contribution in [0.4, 0.5) is 0 Å². The highest BCUT2D eigenvalue weighted by Crippen LogP contribution is 2.14. The van der Waals surface area contributed by atoms with Crippen LogP contribution in [0.25, 0.3) is 0 Å². The fourth-order valence-electron chi connectivity index (χ4n) is 2.19. The minimum Gasteiger partial charge on any atom is -0.497 e. The van der Waals surface area contributed by atoms with Gasteiger partial charge in [0.25, 0.3) is 0 Å². The molecule has 0 amide bonds. The van der Waals surface area contributed by atoms with Gasteiger partial charge in [0.2, 0.25) is 0 Å². The molecule has 0 aliphatic rings. The van der Waals surface area contributed by atoms with Crippen LogP contribution >= 0.6 is 0 Å². The molecule has 0 aromatic heterocycles. The predicted octanol–water partition coefficient (Wildman–Crippen LogP) is -0.0971. The van der Waals surface area contributed by atoms with Crippen molar-refractivity contribution in [3.05, 3.63) is 29.8 Å². The van der Waals surface area contributed by atoms with E-state index in [0.29, 0.717) is 6.04 Å². The van der Waals surface area contributed by atoms with Crippen LogP contribution in [0.3, 0.4) is 0 Å². The average Bonchev–Trinajstić information content (AvgIpc) is 2.36. The van der Waals surface area contributed by atoms with Crippen molar-refractivity contribution in [3.63, 3.8) is 0 Å². The Labute approximate surface area is 98.2 Å². The molecule has 3 heteroatoms. The highest BCUT2D eigenvalue weighted by atomic mass is 16.5. The van der Waals surface area contributed by atoms with E-state index in [4.69, 9.17) is 4.74 Å². The molecule has 1 aromatic rings. The summed E-state index contributed by atoms with van der Waals surface area (Å²) in [7, 11) is 1.70. The van der Waals surface area contributed by atoms with Crippen molar-refractivity contribution in [1.82, 2.24) is 0 Å². The maximum absolute atomic E-state index is 5.17. The van der Waals surface area contributed by atoms with Gasteiger partial charge in [0.15, 0.2) is 6.04 Å². The maximum Gasteiger partial charge on any atom is 0.162 e. The summed E-state index contributed by atoms with van der Waals surface area (Å²) in [6.07, 6.45) is 0. The smallest absolute Gasteiger partial charge is 0.162 e. The van der Waals surface area contributed by atoms with E-state index in [-0.39, 0.29) is 0 Å². The number of nitrogens with one attached hydrogen (secondary N) is 1. The number of hydrogen-bond donors (Lipinski definition) is 2. The van der Waals surface area contributed by atoms with Crippen LogP contribution in [0, 0.1) is 0 Å². The number of ether oxygens (including phenoxy) is 1. The third-order valence-corrected chi connectivity index (χ3v) is 3.21. The molecule has 0 unspecified atom stereocenters. The van der Waals surface area contributed by atoms with Crippen LogP contribution in [-0.4, -0.2) is 26.7 Å². The van der Waals surface area contributed by atoms with Crippen molar-refractivity contribution >= 4 is 0 Å². The Hall–Kier alpha value is -1.06. The minimum absolute atomic E-state index is 0.501. The quantitative estimate of drug-likeness (QED) is 0.696. The van der Waals surface area contributed by atoms with Gasteiger partial charge in [-0.25, -0.2) is 0 Å². The van der Waals surface area contributed by atoms with E-state index in [2.05, 4.69) is 31.7 Å². The van der Waals surface area contributed by atoms with Gasteiger partial charge in [0.05, 0.1) is 20.2 Å². The van der Waals surface area contributed by atoms with Gasteiger partial charge in [0, 0.05) is 5.56 Å². The van der Waals surface area contributed by atoms with Crippen LogP contribution in [0.15, 0.2) is 24.3 Å². The van der Waals surface area contributed by atoms with E-state index in [9.17, 15) is 0 Å². The van der Waals surface area contributed by atoms with Crippen LogP contribution in [0.5, 0.6) is 5.75 Å². The van der Waals surface area contributed by atoms with Crippen molar-refractivity contribution < 1.29 is 15.4 Å². The molecule has 3 nitrogen and oxygen atoms in total. The first-order valence-corrected chi connectivity index (χ1v) is 6.04. The lowest BCUT2D eigenvalue weighted by Crippen LogP contribution is -3.13. The summed E-state index contributed by atoms with van der Waals surface area (Å²) in [5.74, 6) is 0.918. The maximum atomic E-state index is 5.17. The van der Waals surface area contributed by atoms with Gasteiger partial charge >= 0.3 is 0 Å². The lowest BCUT2D eigenvalue weighted by molar-refractivity contribution is -0.934. The molecule has 16 heavy (non-hydrogen) atoms. The van der Waals surface area contributed by atoms with Crippen molar-refractivity contribution in [3.8, 4) is 5.75 Å².